The number of aliphatic hydroxyl groups excluding tert-OH is 1. The Labute approximate surface area is 118 Å². The Morgan fingerprint density at radius 3 is 3.00 bits per heavy atom. The maximum absolute atomic E-state index is 9.62. The number of pyridine rings is 1. The maximum Gasteiger partial charge on any atom is 0.103 e. The number of fused-ring (bicyclic) bond motifs is 1. The molecule has 4 heteroatoms. The first kappa shape index (κ1) is 12.9. The third-order valence-corrected chi connectivity index (χ3v) is 3.99. The summed E-state index contributed by atoms with van der Waals surface area (Å²) < 4.78 is 0. The number of nitriles is 1. The number of piperidine rings is 1. The summed E-state index contributed by atoms with van der Waals surface area (Å²) in [5.74, 6) is 0. The van der Waals surface area contributed by atoms with Crippen molar-refractivity contribution in [3.8, 4) is 6.07 Å². The Kier molecular flexibility index (Phi) is 3.53. The zero-order valence-corrected chi connectivity index (χ0v) is 11.3. The number of nitrogens with zero attached hydrogens (tertiary/aromatic N) is 3. The van der Waals surface area contributed by atoms with Crippen molar-refractivity contribution in [3.63, 3.8) is 0 Å². The van der Waals surface area contributed by atoms with Gasteiger partial charge in [0.1, 0.15) is 6.07 Å². The zero-order valence-electron chi connectivity index (χ0n) is 11.3. The first-order valence-corrected chi connectivity index (χ1v) is 7.00. The van der Waals surface area contributed by atoms with Crippen LogP contribution in [0, 0.1) is 11.3 Å². The van der Waals surface area contributed by atoms with Gasteiger partial charge in [0.2, 0.25) is 0 Å². The molecule has 3 rings (SSSR count). The van der Waals surface area contributed by atoms with Crippen LogP contribution in [0.15, 0.2) is 30.5 Å². The summed E-state index contributed by atoms with van der Waals surface area (Å²) in [7, 11) is 0. The van der Waals surface area contributed by atoms with Crippen molar-refractivity contribution in [2.45, 2.75) is 25.3 Å². The van der Waals surface area contributed by atoms with Crippen LogP contribution in [0.3, 0.4) is 0 Å². The van der Waals surface area contributed by atoms with Crippen LogP contribution in [0.2, 0.25) is 0 Å². The lowest BCUT2D eigenvalue weighted by Gasteiger charge is -2.37. The zero-order chi connectivity index (χ0) is 13.9. The molecule has 0 bridgehead atoms. The van der Waals surface area contributed by atoms with Gasteiger partial charge >= 0.3 is 0 Å². The molecular weight excluding hydrogens is 250 g/mol. The first-order chi connectivity index (χ1) is 9.85. The van der Waals surface area contributed by atoms with Gasteiger partial charge in [-0.2, -0.15) is 5.26 Å². The van der Waals surface area contributed by atoms with Gasteiger partial charge in [-0.25, -0.2) is 0 Å². The molecular formula is C16H17N3O. The molecule has 2 heterocycles. The number of aliphatic hydroxyl groups is 1. The van der Waals surface area contributed by atoms with E-state index in [1.54, 1.807) is 6.20 Å². The molecule has 1 saturated heterocycles. The number of aromatic nitrogens is 1. The van der Waals surface area contributed by atoms with Crippen molar-refractivity contribution in [3.05, 3.63) is 36.0 Å². The van der Waals surface area contributed by atoms with Crippen molar-refractivity contribution in [2.24, 2.45) is 0 Å². The fourth-order valence-electron chi connectivity index (χ4n) is 3.00. The van der Waals surface area contributed by atoms with E-state index in [4.69, 9.17) is 0 Å². The third-order valence-electron chi connectivity index (χ3n) is 3.99. The lowest BCUT2D eigenvalue weighted by Crippen LogP contribution is -2.42. The van der Waals surface area contributed by atoms with Gasteiger partial charge in [-0.1, -0.05) is 18.2 Å². The number of benzene rings is 1. The summed E-state index contributed by atoms with van der Waals surface area (Å²) in [5, 5.41) is 20.0. The largest absolute Gasteiger partial charge is 0.394 e. The average Bonchev–Trinajstić information content (AvgIpc) is 2.53. The number of hydrogen-bond acceptors (Lipinski definition) is 4. The van der Waals surface area contributed by atoms with Crippen LogP contribution in [-0.4, -0.2) is 29.3 Å². The van der Waals surface area contributed by atoms with Crippen LogP contribution in [0.25, 0.3) is 10.9 Å². The van der Waals surface area contributed by atoms with Gasteiger partial charge in [-0.15, -0.1) is 0 Å². The van der Waals surface area contributed by atoms with E-state index in [9.17, 15) is 10.4 Å². The molecule has 20 heavy (non-hydrogen) atoms. The Morgan fingerprint density at radius 2 is 2.20 bits per heavy atom. The average molecular weight is 267 g/mol. The van der Waals surface area contributed by atoms with Gasteiger partial charge in [0.05, 0.1) is 29.4 Å². The van der Waals surface area contributed by atoms with Crippen LogP contribution in [0.4, 0.5) is 5.69 Å². The molecule has 4 nitrogen and oxygen atoms in total. The summed E-state index contributed by atoms with van der Waals surface area (Å²) in [6.07, 6.45) is 4.84. The fourth-order valence-corrected chi connectivity index (χ4v) is 3.00. The van der Waals surface area contributed by atoms with Crippen molar-refractivity contribution < 1.29 is 5.11 Å². The number of hydrogen-bond donors (Lipinski definition) is 1. The van der Waals surface area contributed by atoms with E-state index >= 15 is 0 Å². The SMILES string of the molecule is N#Cc1cnc2ccccc2c1N1CCCCC1CO. The van der Waals surface area contributed by atoms with E-state index < -0.39 is 0 Å². The van der Waals surface area contributed by atoms with E-state index in [0.29, 0.717) is 5.56 Å². The Morgan fingerprint density at radius 1 is 1.35 bits per heavy atom. The molecule has 0 spiro atoms. The molecule has 1 atom stereocenters. The second-order valence-corrected chi connectivity index (χ2v) is 5.18. The molecule has 1 aromatic heterocycles. The Balaban J connectivity index is 2.20. The summed E-state index contributed by atoms with van der Waals surface area (Å²) >= 11 is 0. The van der Waals surface area contributed by atoms with Crippen molar-refractivity contribution >= 4 is 16.6 Å². The fraction of sp³-hybridized carbons (Fsp3) is 0.375. The summed E-state index contributed by atoms with van der Waals surface area (Å²) in [4.78, 5) is 6.53. The van der Waals surface area contributed by atoms with Crippen LogP contribution < -0.4 is 4.90 Å². The van der Waals surface area contributed by atoms with Gasteiger partial charge in [-0.05, 0) is 25.3 Å². The number of para-hydroxylation sites is 1. The van der Waals surface area contributed by atoms with E-state index in [1.165, 1.54) is 0 Å². The molecule has 2 aromatic rings. The van der Waals surface area contributed by atoms with Crippen LogP contribution >= 0.6 is 0 Å². The summed E-state index contributed by atoms with van der Waals surface area (Å²) in [6.45, 7) is 1.01. The van der Waals surface area contributed by atoms with Gasteiger partial charge in [0.15, 0.2) is 0 Å². The summed E-state index contributed by atoms with van der Waals surface area (Å²) in [6, 6.07) is 10.2. The highest BCUT2D eigenvalue weighted by Gasteiger charge is 2.25. The molecule has 1 fully saturated rings. The first-order valence-electron chi connectivity index (χ1n) is 7.00. The number of anilines is 1. The van der Waals surface area contributed by atoms with E-state index in [2.05, 4.69) is 16.0 Å². The molecule has 0 aliphatic carbocycles. The van der Waals surface area contributed by atoms with Crippen molar-refractivity contribution in [1.29, 1.82) is 5.26 Å². The minimum atomic E-state index is 0.0988. The molecule has 1 unspecified atom stereocenters. The van der Waals surface area contributed by atoms with Crippen LogP contribution in [0.5, 0.6) is 0 Å². The quantitative estimate of drug-likeness (QED) is 0.908. The second-order valence-electron chi connectivity index (χ2n) is 5.18. The second kappa shape index (κ2) is 5.48. The Bertz CT molecular complexity index is 662. The van der Waals surface area contributed by atoms with Gasteiger partial charge in [-0.3, -0.25) is 4.98 Å². The van der Waals surface area contributed by atoms with E-state index in [0.717, 1.165) is 42.4 Å². The highest BCUT2D eigenvalue weighted by atomic mass is 16.3. The predicted molar refractivity (Wildman–Crippen MR) is 78.5 cm³/mol. The molecule has 0 radical (unpaired) electrons. The highest BCUT2D eigenvalue weighted by molar-refractivity contribution is 5.94. The van der Waals surface area contributed by atoms with Gasteiger partial charge < -0.3 is 10.0 Å². The normalized spacial score (nSPS) is 19.0. The molecule has 1 aliphatic rings. The molecule has 1 N–H and O–H groups in total. The predicted octanol–water partition coefficient (Wildman–Crippen LogP) is 2.46. The minimum Gasteiger partial charge on any atom is -0.394 e. The standard InChI is InChI=1S/C16H17N3O/c17-9-12-10-18-15-7-2-1-6-14(15)16(12)19-8-4-3-5-13(19)11-20/h1-2,6-7,10,13,20H,3-5,8,11H2. The lowest BCUT2D eigenvalue weighted by atomic mass is 9.99. The van der Waals surface area contributed by atoms with E-state index in [1.807, 2.05) is 24.3 Å². The monoisotopic (exact) mass is 267 g/mol. The van der Waals surface area contributed by atoms with Crippen LogP contribution in [-0.2, 0) is 0 Å². The number of rotatable bonds is 2. The van der Waals surface area contributed by atoms with E-state index in [-0.39, 0.29) is 12.6 Å². The lowest BCUT2D eigenvalue weighted by molar-refractivity contribution is 0.240. The van der Waals surface area contributed by atoms with Crippen LogP contribution in [0.1, 0.15) is 24.8 Å². The summed E-state index contributed by atoms with van der Waals surface area (Å²) in [5.41, 5.74) is 2.41. The molecule has 102 valence electrons. The Hall–Kier alpha value is -2.12. The molecule has 0 saturated carbocycles. The van der Waals surface area contributed by atoms with Crippen molar-refractivity contribution in [2.75, 3.05) is 18.1 Å². The van der Waals surface area contributed by atoms with Gasteiger partial charge in [0, 0.05) is 18.1 Å². The van der Waals surface area contributed by atoms with Gasteiger partial charge in [0.25, 0.3) is 0 Å². The smallest absolute Gasteiger partial charge is 0.103 e. The maximum atomic E-state index is 9.62. The molecule has 0 amide bonds. The molecule has 1 aromatic carbocycles. The highest BCUT2D eigenvalue weighted by Crippen LogP contribution is 2.33. The van der Waals surface area contributed by atoms with Crippen molar-refractivity contribution in [1.82, 2.24) is 4.98 Å². The topological polar surface area (TPSA) is 60.2 Å². The molecule has 1 aliphatic heterocycles. The minimum absolute atomic E-state index is 0.0988. The third kappa shape index (κ3) is 2.10.